The van der Waals surface area contributed by atoms with Crippen molar-refractivity contribution in [2.75, 3.05) is 37.9 Å². The van der Waals surface area contributed by atoms with Gasteiger partial charge in [-0.1, -0.05) is 30.3 Å². The van der Waals surface area contributed by atoms with E-state index in [1.165, 1.54) is 11.3 Å². The van der Waals surface area contributed by atoms with Gasteiger partial charge in [0, 0.05) is 49.1 Å². The van der Waals surface area contributed by atoms with Crippen LogP contribution in [0.3, 0.4) is 0 Å². The quantitative estimate of drug-likeness (QED) is 0.558. The molecule has 1 fully saturated rings. The lowest BCUT2D eigenvalue weighted by molar-refractivity contribution is 0.172. The lowest BCUT2D eigenvalue weighted by Crippen LogP contribution is -2.46. The second kappa shape index (κ2) is 9.39. The number of amides is 1. The van der Waals surface area contributed by atoms with Crippen molar-refractivity contribution in [2.24, 2.45) is 0 Å². The summed E-state index contributed by atoms with van der Waals surface area (Å²) in [6.45, 7) is 3.21. The van der Waals surface area contributed by atoms with Crippen LogP contribution in [0, 0.1) is 0 Å². The lowest BCUT2D eigenvalue weighted by atomic mass is 10.2. The molecule has 0 aliphatic carbocycles. The summed E-state index contributed by atoms with van der Waals surface area (Å²) < 4.78 is 28.5. The first-order valence-electron chi connectivity index (χ1n) is 9.70. The summed E-state index contributed by atoms with van der Waals surface area (Å²) in [6, 6.07) is 15.0. The van der Waals surface area contributed by atoms with Gasteiger partial charge in [0.1, 0.15) is 0 Å². The number of nitrogens with zero attached hydrogens (tertiary/aromatic N) is 3. The van der Waals surface area contributed by atoms with Crippen LogP contribution >= 0.6 is 23.3 Å². The first kappa shape index (κ1) is 21.8. The van der Waals surface area contributed by atoms with E-state index >= 15 is 0 Å². The minimum atomic E-state index is -3.54. The van der Waals surface area contributed by atoms with E-state index < -0.39 is 9.84 Å². The second-order valence-electron chi connectivity index (χ2n) is 7.14. The first-order chi connectivity index (χ1) is 14.9. The van der Waals surface area contributed by atoms with Crippen LogP contribution in [-0.4, -0.2) is 61.7 Å². The number of carbonyl (C=O) groups is 1. The van der Waals surface area contributed by atoms with Crippen molar-refractivity contribution < 1.29 is 13.2 Å². The standard InChI is InChI=1S/C21H22N4O3S3/c1-24-11-13-25(14-12-24)21(26)30-23-20-22-19(15-29-20)16-7-9-18(10-8-16)31(27,28)17-5-3-2-4-6-17/h2-10,15H,11-14H2,1H3,(H,22,23). The summed E-state index contributed by atoms with van der Waals surface area (Å²) in [4.78, 5) is 21.4. The molecule has 0 saturated carbocycles. The normalized spacial score (nSPS) is 15.1. The zero-order valence-electron chi connectivity index (χ0n) is 16.9. The molecule has 0 bridgehead atoms. The SMILES string of the molecule is CN1CCN(C(=O)SNc2nc(-c3ccc(S(=O)(=O)c4ccccc4)cc3)cs2)CC1. The Kier molecular flexibility index (Phi) is 6.61. The highest BCUT2D eigenvalue weighted by molar-refractivity contribution is 8.14. The number of benzene rings is 2. The van der Waals surface area contributed by atoms with Crippen LogP contribution < -0.4 is 4.72 Å². The van der Waals surface area contributed by atoms with Crippen molar-refractivity contribution in [3.63, 3.8) is 0 Å². The number of rotatable bonds is 5. The van der Waals surface area contributed by atoms with Gasteiger partial charge >= 0.3 is 5.24 Å². The van der Waals surface area contributed by atoms with E-state index in [1.807, 2.05) is 17.3 Å². The fourth-order valence-electron chi connectivity index (χ4n) is 3.13. The molecule has 0 radical (unpaired) electrons. The predicted molar refractivity (Wildman–Crippen MR) is 125 cm³/mol. The Morgan fingerprint density at radius 1 is 1.00 bits per heavy atom. The highest BCUT2D eigenvalue weighted by atomic mass is 32.2. The zero-order valence-corrected chi connectivity index (χ0v) is 19.3. The summed E-state index contributed by atoms with van der Waals surface area (Å²) in [5.41, 5.74) is 1.54. The fourth-order valence-corrected chi connectivity index (χ4v) is 5.83. The summed E-state index contributed by atoms with van der Waals surface area (Å²) in [5.74, 6) is 0. The molecule has 10 heteroatoms. The number of hydrogen-bond acceptors (Lipinski definition) is 8. The van der Waals surface area contributed by atoms with Gasteiger partial charge in [0.25, 0.3) is 0 Å². The molecule has 1 N–H and O–H groups in total. The van der Waals surface area contributed by atoms with E-state index in [4.69, 9.17) is 0 Å². The largest absolute Gasteiger partial charge is 0.330 e. The number of anilines is 1. The topological polar surface area (TPSA) is 82.6 Å². The van der Waals surface area contributed by atoms with Gasteiger partial charge in [0.15, 0.2) is 5.13 Å². The summed E-state index contributed by atoms with van der Waals surface area (Å²) >= 11 is 2.44. The van der Waals surface area contributed by atoms with E-state index in [0.717, 1.165) is 49.4 Å². The van der Waals surface area contributed by atoms with Crippen LogP contribution in [0.15, 0.2) is 69.8 Å². The minimum absolute atomic E-state index is 0.0136. The van der Waals surface area contributed by atoms with Crippen LogP contribution in [-0.2, 0) is 9.84 Å². The number of likely N-dealkylation sites (N-methyl/N-ethyl adjacent to an activating group) is 1. The first-order valence-corrected chi connectivity index (χ1v) is 12.9. The van der Waals surface area contributed by atoms with E-state index in [2.05, 4.69) is 14.6 Å². The molecule has 0 spiro atoms. The van der Waals surface area contributed by atoms with Crippen molar-refractivity contribution in [2.45, 2.75) is 9.79 Å². The molecule has 4 rings (SSSR count). The van der Waals surface area contributed by atoms with Gasteiger partial charge in [0.05, 0.1) is 15.5 Å². The maximum Gasteiger partial charge on any atom is 0.302 e. The Bertz CT molecular complexity index is 1140. The third-order valence-corrected chi connectivity index (χ3v) is 8.41. The molecule has 1 saturated heterocycles. The number of nitrogens with one attached hydrogen (secondary N) is 1. The molecule has 1 aromatic heterocycles. The van der Waals surface area contributed by atoms with Gasteiger partial charge in [-0.3, -0.25) is 9.52 Å². The minimum Gasteiger partial charge on any atom is -0.330 e. The van der Waals surface area contributed by atoms with Gasteiger partial charge in [-0.25, -0.2) is 13.4 Å². The number of aromatic nitrogens is 1. The number of carbonyl (C=O) groups excluding carboxylic acids is 1. The van der Waals surface area contributed by atoms with E-state index in [1.54, 1.807) is 54.6 Å². The van der Waals surface area contributed by atoms with Crippen LogP contribution in [0.25, 0.3) is 11.3 Å². The molecule has 1 aliphatic rings. The third-order valence-electron chi connectivity index (χ3n) is 5.01. The summed E-state index contributed by atoms with van der Waals surface area (Å²) in [5, 5.41) is 2.49. The third kappa shape index (κ3) is 5.09. The number of thiazole rings is 1. The monoisotopic (exact) mass is 474 g/mol. The van der Waals surface area contributed by atoms with E-state index in [0.29, 0.717) is 5.13 Å². The molecule has 31 heavy (non-hydrogen) atoms. The predicted octanol–water partition coefficient (Wildman–Crippen LogP) is 4.07. The molecular weight excluding hydrogens is 452 g/mol. The molecule has 0 unspecified atom stereocenters. The van der Waals surface area contributed by atoms with Crippen LogP contribution in [0.2, 0.25) is 0 Å². The van der Waals surface area contributed by atoms with Crippen molar-refractivity contribution >= 4 is 43.5 Å². The molecule has 162 valence electrons. The van der Waals surface area contributed by atoms with Crippen molar-refractivity contribution in [1.82, 2.24) is 14.8 Å². The average molecular weight is 475 g/mol. The van der Waals surface area contributed by atoms with Gasteiger partial charge in [-0.15, -0.1) is 11.3 Å². The van der Waals surface area contributed by atoms with Gasteiger partial charge < -0.3 is 9.80 Å². The average Bonchev–Trinajstić information content (AvgIpc) is 3.28. The van der Waals surface area contributed by atoms with E-state index in [-0.39, 0.29) is 15.0 Å². The maximum atomic E-state index is 12.7. The van der Waals surface area contributed by atoms with Crippen molar-refractivity contribution in [1.29, 1.82) is 0 Å². The van der Waals surface area contributed by atoms with E-state index in [9.17, 15) is 13.2 Å². The number of hydrogen-bond donors (Lipinski definition) is 1. The van der Waals surface area contributed by atoms with Crippen LogP contribution in [0.5, 0.6) is 0 Å². The van der Waals surface area contributed by atoms with Gasteiger partial charge in [-0.2, -0.15) is 0 Å². The Hall–Kier alpha value is -2.40. The smallest absolute Gasteiger partial charge is 0.302 e. The Labute approximate surface area is 190 Å². The highest BCUT2D eigenvalue weighted by Crippen LogP contribution is 2.29. The number of sulfone groups is 1. The fraction of sp³-hybridized carbons (Fsp3) is 0.238. The molecule has 2 aromatic carbocycles. The molecule has 7 nitrogen and oxygen atoms in total. The highest BCUT2D eigenvalue weighted by Gasteiger charge is 2.20. The lowest BCUT2D eigenvalue weighted by Gasteiger charge is -2.31. The molecular formula is C21H22N4O3S3. The van der Waals surface area contributed by atoms with Gasteiger partial charge in [-0.05, 0) is 31.3 Å². The molecule has 1 aliphatic heterocycles. The Balaban J connectivity index is 1.39. The Morgan fingerprint density at radius 2 is 1.65 bits per heavy atom. The maximum absolute atomic E-state index is 12.7. The summed E-state index contributed by atoms with van der Waals surface area (Å²) in [7, 11) is -1.49. The second-order valence-corrected chi connectivity index (χ2v) is 10.7. The molecule has 0 atom stereocenters. The van der Waals surface area contributed by atoms with Crippen LogP contribution in [0.4, 0.5) is 9.93 Å². The molecule has 1 amide bonds. The van der Waals surface area contributed by atoms with Gasteiger partial charge in [0.2, 0.25) is 9.84 Å². The van der Waals surface area contributed by atoms with Crippen LogP contribution in [0.1, 0.15) is 0 Å². The van der Waals surface area contributed by atoms with Crippen molar-refractivity contribution in [3.05, 3.63) is 60.0 Å². The molecule has 3 aromatic rings. The van der Waals surface area contributed by atoms with Crippen molar-refractivity contribution in [3.8, 4) is 11.3 Å². The zero-order chi connectivity index (χ0) is 21.8. The Morgan fingerprint density at radius 3 is 2.32 bits per heavy atom. The number of piperazine rings is 1. The molecule has 2 heterocycles. The summed E-state index contributed by atoms with van der Waals surface area (Å²) in [6.07, 6.45) is 0.